The van der Waals surface area contributed by atoms with Gasteiger partial charge in [0.1, 0.15) is 5.82 Å². The van der Waals surface area contributed by atoms with Crippen LogP contribution in [0.4, 0.5) is 9.18 Å². The summed E-state index contributed by atoms with van der Waals surface area (Å²) >= 11 is 6.12. The van der Waals surface area contributed by atoms with Gasteiger partial charge in [-0.05, 0) is 49.1 Å². The minimum atomic E-state index is -0.632. The summed E-state index contributed by atoms with van der Waals surface area (Å²) in [5.41, 5.74) is 7.79. The second kappa shape index (κ2) is 14.1. The Balaban J connectivity index is 1.41. The van der Waals surface area contributed by atoms with Crippen molar-refractivity contribution in [2.45, 2.75) is 58.3 Å². The molecule has 2 aromatic carbocycles. The molecule has 0 spiro atoms. The van der Waals surface area contributed by atoms with Crippen LogP contribution < -0.4 is 16.2 Å². The van der Waals surface area contributed by atoms with Crippen LogP contribution in [0.1, 0.15) is 50.3 Å². The number of nitrogens with one attached hydrogen (secondary N) is 3. The second-order valence-electron chi connectivity index (χ2n) is 11.1. The van der Waals surface area contributed by atoms with Crippen LogP contribution in [0.2, 0.25) is 5.02 Å². The molecule has 3 N–H and O–H groups in total. The topological polar surface area (TPSA) is 106 Å². The van der Waals surface area contributed by atoms with Crippen molar-refractivity contribution in [3.8, 4) is 0 Å². The third-order valence-electron chi connectivity index (χ3n) is 7.32. The first kappa shape index (κ1) is 31.4. The number of carbonyl (C=O) groups excluding carboxylic acids is 3. The highest BCUT2D eigenvalue weighted by Gasteiger charge is 2.30. The molecule has 42 heavy (non-hydrogen) atoms. The molecule has 2 heterocycles. The van der Waals surface area contributed by atoms with Crippen molar-refractivity contribution >= 4 is 35.5 Å². The van der Waals surface area contributed by atoms with Gasteiger partial charge in [0, 0.05) is 51.3 Å². The molecule has 2 aromatic rings. The summed E-state index contributed by atoms with van der Waals surface area (Å²) in [6.07, 6.45) is 3.96. The van der Waals surface area contributed by atoms with E-state index in [9.17, 15) is 18.8 Å². The third-order valence-corrected chi connectivity index (χ3v) is 7.74. The molecule has 10 nitrogen and oxygen atoms in total. The Labute approximate surface area is 250 Å². The lowest BCUT2D eigenvalue weighted by molar-refractivity contribution is -0.140. The number of amides is 4. The minimum absolute atomic E-state index is 0.0348. The quantitative estimate of drug-likeness (QED) is 0.358. The van der Waals surface area contributed by atoms with E-state index in [4.69, 9.17) is 16.4 Å². The predicted octanol–water partition coefficient (Wildman–Crippen LogP) is 3.82. The highest BCUT2D eigenvalue weighted by Crippen LogP contribution is 2.21. The monoisotopic (exact) mass is 600 g/mol. The number of hydroxylamine groups is 1. The van der Waals surface area contributed by atoms with E-state index in [1.807, 2.05) is 49.1 Å². The first-order chi connectivity index (χ1) is 20.0. The van der Waals surface area contributed by atoms with Gasteiger partial charge < -0.3 is 10.2 Å². The van der Waals surface area contributed by atoms with E-state index in [1.54, 1.807) is 12.3 Å². The summed E-state index contributed by atoms with van der Waals surface area (Å²) in [5.74, 6) is -0.937. The zero-order valence-corrected chi connectivity index (χ0v) is 24.9. The molecule has 0 aliphatic carbocycles. The molecule has 0 saturated carbocycles. The van der Waals surface area contributed by atoms with Gasteiger partial charge in [-0.1, -0.05) is 48.0 Å². The molecule has 4 amide bonds. The van der Waals surface area contributed by atoms with E-state index in [2.05, 4.69) is 16.2 Å². The molecule has 0 radical (unpaired) electrons. The summed E-state index contributed by atoms with van der Waals surface area (Å²) in [6.45, 7) is 7.68. The Morgan fingerprint density at radius 1 is 1.19 bits per heavy atom. The van der Waals surface area contributed by atoms with Gasteiger partial charge in [0.15, 0.2) is 0 Å². The maximum atomic E-state index is 14.0. The summed E-state index contributed by atoms with van der Waals surface area (Å²) in [6, 6.07) is 11.1. The fourth-order valence-corrected chi connectivity index (χ4v) is 5.28. The van der Waals surface area contributed by atoms with Crippen molar-refractivity contribution in [1.29, 1.82) is 0 Å². The number of hydrogen-bond acceptors (Lipinski definition) is 6. The summed E-state index contributed by atoms with van der Waals surface area (Å²) in [4.78, 5) is 47.6. The largest absolute Gasteiger partial charge is 0.345 e. The lowest BCUT2D eigenvalue weighted by Gasteiger charge is -2.39. The van der Waals surface area contributed by atoms with Crippen LogP contribution in [0, 0.1) is 5.82 Å². The number of carbonyl (C=O) groups is 3. The SMILES string of the molecule is CC(=O)N(NCc1cccc(F)c1Cl)[C@@H](CCC(=O)N1CCNC(C)(C)C1)CONC(=O)N1C=Cc2ccccc2C1. The van der Waals surface area contributed by atoms with Crippen molar-refractivity contribution in [3.05, 3.63) is 76.2 Å². The Hall–Kier alpha value is -3.51. The summed E-state index contributed by atoms with van der Waals surface area (Å²) in [7, 11) is 0. The van der Waals surface area contributed by atoms with E-state index in [0.717, 1.165) is 11.1 Å². The highest BCUT2D eigenvalue weighted by atomic mass is 35.5. The molecular weight excluding hydrogens is 563 g/mol. The van der Waals surface area contributed by atoms with Gasteiger partial charge in [0.25, 0.3) is 0 Å². The molecule has 1 atom stereocenters. The second-order valence-corrected chi connectivity index (χ2v) is 11.5. The number of hydrogen-bond donors (Lipinski definition) is 3. The molecular formula is C30H38ClFN6O4. The lowest BCUT2D eigenvalue weighted by atomic mass is 10.0. The van der Waals surface area contributed by atoms with Crippen molar-refractivity contribution in [2.75, 3.05) is 26.2 Å². The minimum Gasteiger partial charge on any atom is -0.340 e. The van der Waals surface area contributed by atoms with Crippen LogP contribution in [0.3, 0.4) is 0 Å². The van der Waals surface area contributed by atoms with Crippen LogP contribution in [0.5, 0.6) is 0 Å². The standard InChI is InChI=1S/C30H38ClFN6O4/c1-21(39)38(34-17-23-9-6-10-26(32)28(23)31)25(11-12-27(40)37-16-14-33-30(2,3)20-37)19-42-35-29(41)36-15-13-22-7-4-5-8-24(22)18-36/h4-10,13,15,25,33-34H,11-12,14,16-20H2,1-3H3,(H,35,41)/t25-/m0/s1. The number of benzene rings is 2. The van der Waals surface area contributed by atoms with Crippen molar-refractivity contribution in [2.24, 2.45) is 0 Å². The number of rotatable bonds is 10. The Bertz CT molecular complexity index is 1320. The molecule has 0 aromatic heterocycles. The van der Waals surface area contributed by atoms with Gasteiger partial charge >= 0.3 is 6.03 Å². The first-order valence-electron chi connectivity index (χ1n) is 14.0. The van der Waals surface area contributed by atoms with Crippen molar-refractivity contribution < 1.29 is 23.6 Å². The molecule has 0 unspecified atom stereocenters. The molecule has 226 valence electrons. The van der Waals surface area contributed by atoms with Gasteiger partial charge in [-0.25, -0.2) is 20.1 Å². The zero-order valence-electron chi connectivity index (χ0n) is 24.2. The van der Waals surface area contributed by atoms with Gasteiger partial charge in [-0.2, -0.15) is 0 Å². The molecule has 4 rings (SSSR count). The van der Waals surface area contributed by atoms with Gasteiger partial charge in [0.05, 0.1) is 24.2 Å². The first-order valence-corrected chi connectivity index (χ1v) is 14.4. The van der Waals surface area contributed by atoms with E-state index in [-0.39, 0.29) is 48.4 Å². The van der Waals surface area contributed by atoms with E-state index in [0.29, 0.717) is 31.7 Å². The summed E-state index contributed by atoms with van der Waals surface area (Å²) < 4.78 is 14.0. The Kier molecular flexibility index (Phi) is 10.6. The maximum absolute atomic E-state index is 14.0. The summed E-state index contributed by atoms with van der Waals surface area (Å²) in [5, 5.41) is 4.70. The molecule has 1 saturated heterocycles. The predicted molar refractivity (Wildman–Crippen MR) is 158 cm³/mol. The number of hydrazine groups is 1. The number of nitrogens with zero attached hydrogens (tertiary/aromatic N) is 3. The Morgan fingerprint density at radius 2 is 1.98 bits per heavy atom. The van der Waals surface area contributed by atoms with E-state index in [1.165, 1.54) is 29.0 Å². The molecule has 2 aliphatic rings. The number of halogens is 2. The van der Waals surface area contributed by atoms with Crippen molar-refractivity contribution in [1.82, 2.24) is 31.0 Å². The fraction of sp³-hybridized carbons (Fsp3) is 0.433. The van der Waals surface area contributed by atoms with Gasteiger partial charge in [0.2, 0.25) is 11.8 Å². The number of urea groups is 1. The van der Waals surface area contributed by atoms with E-state index < -0.39 is 17.9 Å². The molecule has 1 fully saturated rings. The molecule has 2 aliphatic heterocycles. The van der Waals surface area contributed by atoms with Crippen LogP contribution in [-0.2, 0) is 27.5 Å². The fourth-order valence-electron chi connectivity index (χ4n) is 5.09. The highest BCUT2D eigenvalue weighted by molar-refractivity contribution is 6.31. The van der Waals surface area contributed by atoms with E-state index >= 15 is 0 Å². The smallest absolute Gasteiger partial charge is 0.340 e. The third kappa shape index (κ3) is 8.28. The van der Waals surface area contributed by atoms with Crippen LogP contribution in [0.25, 0.3) is 6.08 Å². The number of piperazine rings is 1. The zero-order chi connectivity index (χ0) is 30.3. The Morgan fingerprint density at radius 3 is 2.74 bits per heavy atom. The van der Waals surface area contributed by atoms with Crippen LogP contribution in [-0.4, -0.2) is 70.5 Å². The van der Waals surface area contributed by atoms with Crippen LogP contribution in [0.15, 0.2) is 48.7 Å². The normalized spacial score (nSPS) is 16.5. The van der Waals surface area contributed by atoms with Crippen molar-refractivity contribution in [3.63, 3.8) is 0 Å². The average Bonchev–Trinajstić information content (AvgIpc) is 2.96. The lowest BCUT2D eigenvalue weighted by Crippen LogP contribution is -2.58. The van der Waals surface area contributed by atoms with Crippen LogP contribution >= 0.6 is 11.6 Å². The average molecular weight is 601 g/mol. The van der Waals surface area contributed by atoms with Gasteiger partial charge in [-0.15, -0.1) is 0 Å². The van der Waals surface area contributed by atoms with Gasteiger partial charge in [-0.3, -0.25) is 24.3 Å². The molecule has 0 bridgehead atoms. The maximum Gasteiger partial charge on any atom is 0.345 e. The molecule has 12 heteroatoms. The number of fused-ring (bicyclic) bond motifs is 1.